The zero-order valence-corrected chi connectivity index (χ0v) is 20.6. The van der Waals surface area contributed by atoms with Crippen molar-refractivity contribution in [3.05, 3.63) is 71.0 Å². The van der Waals surface area contributed by atoms with Crippen molar-refractivity contribution in [1.29, 1.82) is 0 Å². The number of carbonyl (C=O) groups is 1. The third kappa shape index (κ3) is 4.56. The molecule has 11 heteroatoms. The molecule has 3 aliphatic carbocycles. The molecule has 5 nitrogen and oxygen atoms in total. The number of alkyl halides is 6. The lowest BCUT2D eigenvalue weighted by Gasteiger charge is -2.52. The van der Waals surface area contributed by atoms with Crippen LogP contribution in [0.2, 0.25) is 0 Å². The van der Waals surface area contributed by atoms with Gasteiger partial charge in [-0.1, -0.05) is 30.3 Å². The summed E-state index contributed by atoms with van der Waals surface area (Å²) in [5.74, 6) is 0.0391. The van der Waals surface area contributed by atoms with E-state index in [0.29, 0.717) is 25.1 Å². The van der Waals surface area contributed by atoms with Crippen LogP contribution in [0.15, 0.2) is 48.5 Å². The molecule has 1 N–H and O–H groups in total. The molecule has 0 unspecified atom stereocenters. The van der Waals surface area contributed by atoms with Crippen molar-refractivity contribution in [2.24, 2.45) is 12.5 Å². The Balaban J connectivity index is 1.31. The molecule has 38 heavy (non-hydrogen) atoms. The van der Waals surface area contributed by atoms with Crippen molar-refractivity contribution in [1.82, 2.24) is 20.1 Å². The highest BCUT2D eigenvalue weighted by Crippen LogP contribution is 2.57. The van der Waals surface area contributed by atoms with Gasteiger partial charge in [-0.25, -0.2) is 0 Å². The van der Waals surface area contributed by atoms with Gasteiger partial charge >= 0.3 is 12.4 Å². The summed E-state index contributed by atoms with van der Waals surface area (Å²) in [7, 11) is 1.68. The van der Waals surface area contributed by atoms with E-state index in [0.717, 1.165) is 31.4 Å². The highest BCUT2D eigenvalue weighted by molar-refractivity contribution is 5.95. The normalized spacial score (nSPS) is 23.4. The lowest BCUT2D eigenvalue weighted by Crippen LogP contribution is -2.50. The molecule has 0 spiro atoms. The Morgan fingerprint density at radius 3 is 2.00 bits per heavy atom. The van der Waals surface area contributed by atoms with Crippen molar-refractivity contribution in [2.75, 3.05) is 6.54 Å². The first kappa shape index (κ1) is 26.2. The predicted octanol–water partition coefficient (Wildman–Crippen LogP) is 6.54. The van der Waals surface area contributed by atoms with E-state index >= 15 is 0 Å². The van der Waals surface area contributed by atoms with Gasteiger partial charge < -0.3 is 9.88 Å². The van der Waals surface area contributed by atoms with Gasteiger partial charge in [-0.2, -0.15) is 26.3 Å². The van der Waals surface area contributed by atoms with Crippen LogP contribution in [0.25, 0.3) is 11.4 Å². The van der Waals surface area contributed by atoms with E-state index in [2.05, 4.69) is 15.5 Å². The van der Waals surface area contributed by atoms with Crippen LogP contribution in [0.5, 0.6) is 0 Å². The SMILES string of the molecule is Cn1c(-c2ccccc2C(F)(F)F)nnc1C12CCC(CNC(=O)c3ccccc3C(F)(F)F)(CC1)CC2. The Morgan fingerprint density at radius 1 is 0.842 bits per heavy atom. The molecule has 3 fully saturated rings. The average Bonchev–Trinajstić information content (AvgIpc) is 3.29. The van der Waals surface area contributed by atoms with E-state index < -0.39 is 35.0 Å². The standard InChI is InChI=1S/C27H26F6N4O/c1-37-21(17-6-2-4-8-19(17)26(28,29)30)35-36-23(37)25-13-10-24(11-14-25,12-15-25)16-34-22(38)18-7-3-5-9-20(18)27(31,32)33/h2-9H,10-16H2,1H3,(H,34,38). The Bertz CT molecular complexity index is 1340. The molecule has 0 atom stereocenters. The first-order valence-corrected chi connectivity index (χ1v) is 12.4. The van der Waals surface area contributed by atoms with Crippen molar-refractivity contribution in [2.45, 2.75) is 56.3 Å². The molecule has 0 radical (unpaired) electrons. The molecule has 1 aromatic heterocycles. The number of nitrogens with zero attached hydrogens (tertiary/aromatic N) is 3. The van der Waals surface area contributed by atoms with Gasteiger partial charge in [0.05, 0.1) is 16.7 Å². The molecule has 202 valence electrons. The van der Waals surface area contributed by atoms with Crippen LogP contribution in [-0.2, 0) is 24.8 Å². The largest absolute Gasteiger partial charge is 0.417 e. The Labute approximate surface area is 215 Å². The lowest BCUT2D eigenvalue weighted by molar-refractivity contribution is -0.138. The fourth-order valence-corrected chi connectivity index (χ4v) is 6.11. The highest BCUT2D eigenvalue weighted by Gasteiger charge is 2.52. The minimum absolute atomic E-state index is 0.0273. The maximum absolute atomic E-state index is 13.6. The van der Waals surface area contributed by atoms with Crippen molar-refractivity contribution < 1.29 is 31.1 Å². The molecule has 2 aromatic carbocycles. The van der Waals surface area contributed by atoms with Gasteiger partial charge in [0, 0.05) is 24.6 Å². The van der Waals surface area contributed by atoms with Gasteiger partial charge in [0.15, 0.2) is 5.82 Å². The number of benzene rings is 2. The molecule has 1 amide bonds. The number of fused-ring (bicyclic) bond motifs is 3. The van der Waals surface area contributed by atoms with E-state index in [1.807, 2.05) is 0 Å². The van der Waals surface area contributed by atoms with Crippen LogP contribution in [0, 0.1) is 5.41 Å². The van der Waals surface area contributed by atoms with Crippen LogP contribution < -0.4 is 5.32 Å². The fraction of sp³-hybridized carbons (Fsp3) is 0.444. The second-order valence-corrected chi connectivity index (χ2v) is 10.5. The first-order valence-electron chi connectivity index (χ1n) is 12.4. The van der Waals surface area contributed by atoms with Gasteiger partial charge in [0.2, 0.25) is 0 Å². The molecule has 0 saturated heterocycles. The number of hydrogen-bond acceptors (Lipinski definition) is 3. The molecule has 6 rings (SSSR count). The number of aromatic nitrogens is 3. The van der Waals surface area contributed by atoms with Crippen molar-refractivity contribution in [3.63, 3.8) is 0 Å². The van der Waals surface area contributed by atoms with Crippen molar-refractivity contribution in [3.8, 4) is 11.4 Å². The van der Waals surface area contributed by atoms with Crippen LogP contribution in [0.4, 0.5) is 26.3 Å². The minimum atomic E-state index is -4.63. The highest BCUT2D eigenvalue weighted by atomic mass is 19.4. The Morgan fingerprint density at radius 2 is 1.39 bits per heavy atom. The van der Waals surface area contributed by atoms with E-state index in [9.17, 15) is 31.1 Å². The van der Waals surface area contributed by atoms with Crippen LogP contribution in [0.3, 0.4) is 0 Å². The smallest absolute Gasteiger partial charge is 0.351 e. The molecular formula is C27H26F6N4O. The second-order valence-electron chi connectivity index (χ2n) is 10.5. The number of hydrogen-bond donors (Lipinski definition) is 1. The van der Waals surface area contributed by atoms with Gasteiger partial charge in [-0.3, -0.25) is 4.79 Å². The predicted molar refractivity (Wildman–Crippen MR) is 127 cm³/mol. The molecular weight excluding hydrogens is 510 g/mol. The first-order chi connectivity index (χ1) is 17.9. The zero-order valence-electron chi connectivity index (χ0n) is 20.6. The molecule has 1 heterocycles. The van der Waals surface area contributed by atoms with Gasteiger partial charge in [0.25, 0.3) is 5.91 Å². The third-order valence-corrected chi connectivity index (χ3v) is 8.33. The molecule has 0 aliphatic heterocycles. The molecule has 3 aliphatic rings. The van der Waals surface area contributed by atoms with Gasteiger partial charge in [0.1, 0.15) is 5.82 Å². The van der Waals surface area contributed by atoms with Crippen LogP contribution in [-0.4, -0.2) is 27.2 Å². The van der Waals surface area contributed by atoms with Crippen LogP contribution >= 0.6 is 0 Å². The fourth-order valence-electron chi connectivity index (χ4n) is 6.11. The number of carbonyl (C=O) groups excluding carboxylic acids is 1. The summed E-state index contributed by atoms with van der Waals surface area (Å²) in [4.78, 5) is 12.7. The summed E-state index contributed by atoms with van der Waals surface area (Å²) in [6.45, 7) is 0.261. The van der Waals surface area contributed by atoms with E-state index in [-0.39, 0.29) is 28.8 Å². The third-order valence-electron chi connectivity index (χ3n) is 8.33. The summed E-state index contributed by atoms with van der Waals surface area (Å²) in [6, 6.07) is 10.0. The molecule has 3 saturated carbocycles. The maximum Gasteiger partial charge on any atom is 0.417 e. The lowest BCUT2D eigenvalue weighted by atomic mass is 9.53. The number of amides is 1. The van der Waals surface area contributed by atoms with Crippen LogP contribution in [0.1, 0.15) is 65.8 Å². The van der Waals surface area contributed by atoms with Gasteiger partial charge in [-0.15, -0.1) is 10.2 Å². The summed E-state index contributed by atoms with van der Waals surface area (Å²) >= 11 is 0. The zero-order chi connectivity index (χ0) is 27.3. The molecule has 3 aromatic rings. The monoisotopic (exact) mass is 536 g/mol. The quantitative estimate of drug-likeness (QED) is 0.377. The second kappa shape index (κ2) is 9.13. The molecule has 2 bridgehead atoms. The number of nitrogens with one attached hydrogen (secondary N) is 1. The number of rotatable bonds is 5. The summed E-state index contributed by atoms with van der Waals surface area (Å²) in [6.07, 6.45) is -4.89. The van der Waals surface area contributed by atoms with E-state index in [1.54, 1.807) is 11.6 Å². The maximum atomic E-state index is 13.6. The average molecular weight is 537 g/mol. The van der Waals surface area contributed by atoms with Crippen molar-refractivity contribution >= 4 is 5.91 Å². The topological polar surface area (TPSA) is 59.8 Å². The summed E-state index contributed by atoms with van der Waals surface area (Å²) < 4.78 is 82.4. The van der Waals surface area contributed by atoms with E-state index in [1.165, 1.54) is 36.4 Å². The Hall–Kier alpha value is -3.37. The minimum Gasteiger partial charge on any atom is -0.351 e. The summed E-state index contributed by atoms with van der Waals surface area (Å²) in [5.41, 5.74) is -2.75. The summed E-state index contributed by atoms with van der Waals surface area (Å²) in [5, 5.41) is 11.2. The van der Waals surface area contributed by atoms with E-state index in [4.69, 9.17) is 0 Å². The van der Waals surface area contributed by atoms with Gasteiger partial charge in [-0.05, 0) is 62.1 Å². The number of halogens is 6. The Kier molecular flexibility index (Phi) is 6.30.